The Kier molecular flexibility index (Phi) is 3.60. The third-order valence-electron chi connectivity index (χ3n) is 3.76. The zero-order chi connectivity index (χ0) is 13.3. The van der Waals surface area contributed by atoms with Crippen LogP contribution in [-0.2, 0) is 0 Å². The molecule has 0 aromatic heterocycles. The van der Waals surface area contributed by atoms with Gasteiger partial charge in [-0.05, 0) is 44.7 Å². The Bertz CT molecular complexity index is 456. The van der Waals surface area contributed by atoms with Crippen molar-refractivity contribution in [2.45, 2.75) is 39.7 Å². The van der Waals surface area contributed by atoms with Crippen molar-refractivity contribution >= 4 is 5.91 Å². The van der Waals surface area contributed by atoms with E-state index in [-0.39, 0.29) is 17.7 Å². The van der Waals surface area contributed by atoms with Crippen molar-refractivity contribution in [1.29, 1.82) is 0 Å². The van der Waals surface area contributed by atoms with Crippen LogP contribution in [0.5, 0.6) is 5.75 Å². The van der Waals surface area contributed by atoms with Crippen molar-refractivity contribution in [3.63, 3.8) is 0 Å². The van der Waals surface area contributed by atoms with Gasteiger partial charge in [-0.2, -0.15) is 0 Å². The van der Waals surface area contributed by atoms with Crippen molar-refractivity contribution < 1.29 is 9.90 Å². The zero-order valence-electron chi connectivity index (χ0n) is 11.3. The summed E-state index contributed by atoms with van der Waals surface area (Å²) in [5, 5.41) is 9.84. The lowest BCUT2D eigenvalue weighted by molar-refractivity contribution is 0.0571. The summed E-state index contributed by atoms with van der Waals surface area (Å²) >= 11 is 0. The number of hydrogen-bond donors (Lipinski definition) is 1. The van der Waals surface area contributed by atoms with E-state index in [1.165, 1.54) is 6.42 Å². The molecular weight excluding hydrogens is 226 g/mol. The Morgan fingerprint density at radius 1 is 1.33 bits per heavy atom. The monoisotopic (exact) mass is 247 g/mol. The van der Waals surface area contributed by atoms with Gasteiger partial charge in [-0.15, -0.1) is 0 Å². The molecule has 1 saturated heterocycles. The average Bonchev–Trinajstić information content (AvgIpc) is 2.34. The molecule has 2 unspecified atom stereocenters. The van der Waals surface area contributed by atoms with Crippen LogP contribution in [0.1, 0.15) is 42.6 Å². The molecule has 1 aliphatic rings. The van der Waals surface area contributed by atoms with Gasteiger partial charge < -0.3 is 10.0 Å². The Morgan fingerprint density at radius 2 is 2.06 bits per heavy atom. The summed E-state index contributed by atoms with van der Waals surface area (Å²) < 4.78 is 0. The summed E-state index contributed by atoms with van der Waals surface area (Å²) in [7, 11) is 0. The minimum atomic E-state index is -0.0461. The fourth-order valence-corrected chi connectivity index (χ4v) is 2.55. The highest BCUT2D eigenvalue weighted by atomic mass is 16.3. The van der Waals surface area contributed by atoms with E-state index in [0.717, 1.165) is 18.5 Å². The molecule has 1 aromatic carbocycles. The number of hydrogen-bond acceptors (Lipinski definition) is 2. The van der Waals surface area contributed by atoms with Gasteiger partial charge in [0.2, 0.25) is 0 Å². The number of aryl methyl sites for hydroxylation is 1. The van der Waals surface area contributed by atoms with Gasteiger partial charge in [0.15, 0.2) is 0 Å². The number of phenols is 1. The predicted molar refractivity (Wildman–Crippen MR) is 71.7 cm³/mol. The highest BCUT2D eigenvalue weighted by molar-refractivity contribution is 5.97. The fourth-order valence-electron chi connectivity index (χ4n) is 2.55. The number of benzene rings is 1. The predicted octanol–water partition coefficient (Wildman–Crippen LogP) is 2.96. The molecule has 0 radical (unpaired) electrons. The van der Waals surface area contributed by atoms with Gasteiger partial charge in [-0.3, -0.25) is 4.79 Å². The molecule has 18 heavy (non-hydrogen) atoms. The topological polar surface area (TPSA) is 40.5 Å². The lowest BCUT2D eigenvalue weighted by atomic mass is 9.94. The van der Waals surface area contributed by atoms with E-state index in [1.807, 2.05) is 17.9 Å². The Labute approximate surface area is 108 Å². The molecule has 1 heterocycles. The van der Waals surface area contributed by atoms with Crippen LogP contribution in [0.3, 0.4) is 0 Å². The van der Waals surface area contributed by atoms with Crippen LogP contribution in [0.15, 0.2) is 18.2 Å². The molecule has 1 fully saturated rings. The molecule has 3 nitrogen and oxygen atoms in total. The zero-order valence-corrected chi connectivity index (χ0v) is 11.3. The van der Waals surface area contributed by atoms with Gasteiger partial charge >= 0.3 is 0 Å². The highest BCUT2D eigenvalue weighted by Crippen LogP contribution is 2.26. The lowest BCUT2D eigenvalue weighted by Crippen LogP contribution is -2.44. The molecule has 0 spiro atoms. The first-order valence-corrected chi connectivity index (χ1v) is 6.59. The molecule has 98 valence electrons. The van der Waals surface area contributed by atoms with Gasteiger partial charge in [-0.1, -0.05) is 18.6 Å². The SMILES string of the molecule is Cc1ccc(O)c(C(=O)N2CC(C)CCC2C)c1. The summed E-state index contributed by atoms with van der Waals surface area (Å²) in [4.78, 5) is 14.4. The summed E-state index contributed by atoms with van der Waals surface area (Å²) in [5.74, 6) is 0.573. The second kappa shape index (κ2) is 5.01. The Morgan fingerprint density at radius 3 is 2.78 bits per heavy atom. The van der Waals surface area contributed by atoms with Crippen LogP contribution in [0, 0.1) is 12.8 Å². The minimum Gasteiger partial charge on any atom is -0.507 e. The van der Waals surface area contributed by atoms with Crippen LogP contribution >= 0.6 is 0 Å². The normalized spacial score (nSPS) is 24.1. The van der Waals surface area contributed by atoms with Gasteiger partial charge in [0.25, 0.3) is 5.91 Å². The van der Waals surface area contributed by atoms with Crippen LogP contribution < -0.4 is 0 Å². The van der Waals surface area contributed by atoms with E-state index in [9.17, 15) is 9.90 Å². The van der Waals surface area contributed by atoms with Crippen LogP contribution in [0.4, 0.5) is 0 Å². The number of carbonyl (C=O) groups excluding carboxylic acids is 1. The highest BCUT2D eigenvalue weighted by Gasteiger charge is 2.28. The van der Waals surface area contributed by atoms with E-state index >= 15 is 0 Å². The average molecular weight is 247 g/mol. The third-order valence-corrected chi connectivity index (χ3v) is 3.76. The standard InChI is InChI=1S/C15H21NO2/c1-10-5-7-14(17)13(8-10)15(18)16-9-11(2)4-6-12(16)3/h5,7-8,11-12,17H,4,6,9H2,1-3H3. The largest absolute Gasteiger partial charge is 0.507 e. The Hall–Kier alpha value is -1.51. The van der Waals surface area contributed by atoms with Crippen molar-refractivity contribution in [2.24, 2.45) is 5.92 Å². The lowest BCUT2D eigenvalue weighted by Gasteiger charge is -2.37. The maximum Gasteiger partial charge on any atom is 0.257 e. The number of likely N-dealkylation sites (tertiary alicyclic amines) is 1. The van der Waals surface area contributed by atoms with Crippen molar-refractivity contribution in [3.05, 3.63) is 29.3 Å². The van der Waals surface area contributed by atoms with Crippen LogP contribution in [-0.4, -0.2) is 28.5 Å². The van der Waals surface area contributed by atoms with Gasteiger partial charge in [0.05, 0.1) is 5.56 Å². The molecule has 0 aliphatic carbocycles. The maximum atomic E-state index is 12.5. The smallest absolute Gasteiger partial charge is 0.257 e. The molecule has 1 amide bonds. The van der Waals surface area contributed by atoms with Gasteiger partial charge in [-0.25, -0.2) is 0 Å². The van der Waals surface area contributed by atoms with Crippen LogP contribution in [0.2, 0.25) is 0 Å². The van der Waals surface area contributed by atoms with Gasteiger partial charge in [0, 0.05) is 12.6 Å². The summed E-state index contributed by atoms with van der Waals surface area (Å²) in [6, 6.07) is 5.44. The van der Waals surface area contributed by atoms with E-state index in [0.29, 0.717) is 11.5 Å². The number of carbonyl (C=O) groups is 1. The second-order valence-electron chi connectivity index (χ2n) is 5.51. The fraction of sp³-hybridized carbons (Fsp3) is 0.533. The second-order valence-corrected chi connectivity index (χ2v) is 5.51. The molecule has 3 heteroatoms. The van der Waals surface area contributed by atoms with E-state index in [2.05, 4.69) is 13.8 Å². The summed E-state index contributed by atoms with van der Waals surface area (Å²) in [6.07, 6.45) is 2.21. The van der Waals surface area contributed by atoms with Crippen molar-refractivity contribution in [2.75, 3.05) is 6.54 Å². The number of nitrogens with zero attached hydrogens (tertiary/aromatic N) is 1. The first-order chi connectivity index (χ1) is 8.49. The Balaban J connectivity index is 2.27. The molecule has 2 atom stereocenters. The van der Waals surface area contributed by atoms with E-state index < -0.39 is 0 Å². The number of piperidine rings is 1. The third kappa shape index (κ3) is 2.50. The number of amides is 1. The number of rotatable bonds is 1. The molecule has 1 aliphatic heterocycles. The summed E-state index contributed by atoms with van der Waals surface area (Å²) in [5.41, 5.74) is 1.42. The molecule has 1 aromatic rings. The van der Waals surface area contributed by atoms with Crippen molar-refractivity contribution in [1.82, 2.24) is 4.90 Å². The number of phenolic OH excluding ortho intramolecular Hbond substituents is 1. The van der Waals surface area contributed by atoms with E-state index in [4.69, 9.17) is 0 Å². The number of aromatic hydroxyl groups is 1. The quantitative estimate of drug-likeness (QED) is 0.828. The van der Waals surface area contributed by atoms with Crippen LogP contribution in [0.25, 0.3) is 0 Å². The van der Waals surface area contributed by atoms with Crippen molar-refractivity contribution in [3.8, 4) is 5.75 Å². The molecular formula is C15H21NO2. The maximum absolute atomic E-state index is 12.5. The first kappa shape index (κ1) is 12.9. The minimum absolute atomic E-state index is 0.0461. The first-order valence-electron chi connectivity index (χ1n) is 6.59. The molecule has 0 saturated carbocycles. The van der Waals surface area contributed by atoms with Gasteiger partial charge in [0.1, 0.15) is 5.75 Å². The summed E-state index contributed by atoms with van der Waals surface area (Å²) in [6.45, 7) is 6.96. The van der Waals surface area contributed by atoms with E-state index in [1.54, 1.807) is 12.1 Å². The molecule has 1 N–H and O–H groups in total. The molecule has 0 bridgehead atoms. The molecule has 2 rings (SSSR count).